The molecule has 0 bridgehead atoms. The van der Waals surface area contributed by atoms with Gasteiger partial charge in [-0.3, -0.25) is 0 Å². The van der Waals surface area contributed by atoms with Crippen LogP contribution in [0.4, 0.5) is 5.69 Å². The van der Waals surface area contributed by atoms with Gasteiger partial charge in [-0.2, -0.15) is 0 Å². The minimum Gasteiger partial charge on any atom is -0.497 e. The minimum absolute atomic E-state index is 0.0545. The molecule has 22 heavy (non-hydrogen) atoms. The number of carbonyl (C=O) groups excluding carboxylic acids is 1. The van der Waals surface area contributed by atoms with Crippen molar-refractivity contribution in [1.29, 1.82) is 0 Å². The largest absolute Gasteiger partial charge is 0.497 e. The van der Waals surface area contributed by atoms with Gasteiger partial charge >= 0.3 is 5.97 Å². The van der Waals surface area contributed by atoms with Crippen LogP contribution in [0.5, 0.6) is 5.75 Å². The third-order valence-corrected chi connectivity index (χ3v) is 3.39. The van der Waals surface area contributed by atoms with Crippen LogP contribution in [-0.4, -0.2) is 25.7 Å². The summed E-state index contributed by atoms with van der Waals surface area (Å²) in [6.07, 6.45) is 4.11. The van der Waals surface area contributed by atoms with Crippen molar-refractivity contribution in [3.8, 4) is 5.75 Å². The molecule has 0 saturated carbocycles. The fourth-order valence-corrected chi connectivity index (χ4v) is 2.01. The first kappa shape index (κ1) is 18.1. The van der Waals surface area contributed by atoms with Gasteiger partial charge in [-0.15, -0.1) is 0 Å². The van der Waals surface area contributed by atoms with Crippen LogP contribution < -0.4 is 10.1 Å². The van der Waals surface area contributed by atoms with Crippen LogP contribution in [0, 0.1) is 5.41 Å². The van der Waals surface area contributed by atoms with Gasteiger partial charge in [-0.05, 0) is 43.0 Å². The van der Waals surface area contributed by atoms with Crippen molar-refractivity contribution >= 4 is 11.7 Å². The highest BCUT2D eigenvalue weighted by Crippen LogP contribution is 2.26. The molecule has 0 saturated heterocycles. The second kappa shape index (κ2) is 8.47. The molecule has 0 fully saturated rings. The molecule has 1 rings (SSSR count). The van der Waals surface area contributed by atoms with Gasteiger partial charge < -0.3 is 14.8 Å². The number of hydrogen-bond donors (Lipinski definition) is 1. The van der Waals surface area contributed by atoms with Crippen molar-refractivity contribution in [3.05, 3.63) is 36.4 Å². The van der Waals surface area contributed by atoms with Gasteiger partial charge in [0, 0.05) is 17.8 Å². The molecule has 1 atom stereocenters. The summed E-state index contributed by atoms with van der Waals surface area (Å²) >= 11 is 0. The van der Waals surface area contributed by atoms with E-state index in [-0.39, 0.29) is 17.4 Å². The lowest BCUT2D eigenvalue weighted by Gasteiger charge is -2.31. The topological polar surface area (TPSA) is 47.6 Å². The molecule has 0 aliphatic heterocycles. The van der Waals surface area contributed by atoms with Gasteiger partial charge in [0.1, 0.15) is 5.75 Å². The summed E-state index contributed by atoms with van der Waals surface area (Å²) in [6.45, 7) is 8.72. The highest BCUT2D eigenvalue weighted by molar-refractivity contribution is 5.81. The molecule has 4 heteroatoms. The van der Waals surface area contributed by atoms with Gasteiger partial charge in [0.05, 0.1) is 13.7 Å². The Kier molecular flexibility index (Phi) is 6.96. The van der Waals surface area contributed by atoms with Crippen LogP contribution in [0.15, 0.2) is 36.4 Å². The second-order valence-electron chi connectivity index (χ2n) is 6.18. The molecular formula is C18H27NO3. The quantitative estimate of drug-likeness (QED) is 0.610. The van der Waals surface area contributed by atoms with E-state index in [0.29, 0.717) is 6.61 Å². The lowest BCUT2D eigenvalue weighted by Crippen LogP contribution is -2.33. The minimum atomic E-state index is -0.292. The van der Waals surface area contributed by atoms with Crippen LogP contribution in [0.1, 0.15) is 34.1 Å². The molecule has 0 aromatic heterocycles. The number of nitrogens with one attached hydrogen (secondary N) is 1. The third kappa shape index (κ3) is 6.20. The molecule has 0 radical (unpaired) electrons. The van der Waals surface area contributed by atoms with Gasteiger partial charge in [0.2, 0.25) is 0 Å². The van der Waals surface area contributed by atoms with Crippen molar-refractivity contribution in [2.75, 3.05) is 19.0 Å². The summed E-state index contributed by atoms with van der Waals surface area (Å²) in [5.41, 5.74) is 1.09. The van der Waals surface area contributed by atoms with Crippen molar-refractivity contribution in [2.24, 2.45) is 5.41 Å². The molecule has 0 aliphatic carbocycles. The SMILES string of the molecule is CCOC(=O)/C=C/C[C@H](Nc1ccc(OC)cc1)C(C)(C)C. The Labute approximate surface area is 133 Å². The van der Waals surface area contributed by atoms with Crippen LogP contribution in [0.3, 0.4) is 0 Å². The summed E-state index contributed by atoms with van der Waals surface area (Å²) < 4.78 is 10.1. The number of ether oxygens (including phenoxy) is 2. The van der Waals surface area contributed by atoms with Crippen LogP contribution >= 0.6 is 0 Å². The predicted octanol–water partition coefficient (Wildman–Crippen LogP) is 4.03. The summed E-state index contributed by atoms with van der Waals surface area (Å²) in [5.74, 6) is 0.541. The maximum Gasteiger partial charge on any atom is 0.330 e. The van der Waals surface area contributed by atoms with Gasteiger partial charge in [-0.25, -0.2) is 4.79 Å². The summed E-state index contributed by atoms with van der Waals surface area (Å²) in [6, 6.07) is 8.04. The van der Waals surface area contributed by atoms with Crippen LogP contribution in [0.2, 0.25) is 0 Å². The average Bonchev–Trinajstić information content (AvgIpc) is 2.46. The normalized spacial score (nSPS) is 13.0. The fourth-order valence-electron chi connectivity index (χ4n) is 2.01. The summed E-state index contributed by atoms with van der Waals surface area (Å²) in [7, 11) is 1.65. The smallest absolute Gasteiger partial charge is 0.330 e. The van der Waals surface area contributed by atoms with Gasteiger partial charge in [0.25, 0.3) is 0 Å². The number of rotatable bonds is 7. The molecule has 1 aromatic rings. The number of methoxy groups -OCH3 is 1. The second-order valence-corrected chi connectivity index (χ2v) is 6.18. The molecule has 1 aromatic carbocycles. The number of esters is 1. The lowest BCUT2D eigenvalue weighted by atomic mass is 9.84. The molecule has 0 aliphatic rings. The van der Waals surface area contributed by atoms with E-state index in [1.807, 2.05) is 30.3 Å². The predicted molar refractivity (Wildman–Crippen MR) is 90.2 cm³/mol. The fraction of sp³-hybridized carbons (Fsp3) is 0.500. The Morgan fingerprint density at radius 2 is 1.91 bits per heavy atom. The van der Waals surface area contributed by atoms with E-state index in [0.717, 1.165) is 17.9 Å². The van der Waals surface area contributed by atoms with Gasteiger partial charge in [-0.1, -0.05) is 26.8 Å². The lowest BCUT2D eigenvalue weighted by molar-refractivity contribution is -0.137. The zero-order valence-corrected chi connectivity index (χ0v) is 14.2. The van der Waals surface area contributed by atoms with E-state index in [4.69, 9.17) is 9.47 Å². The number of carbonyl (C=O) groups is 1. The zero-order valence-electron chi connectivity index (χ0n) is 14.2. The average molecular weight is 305 g/mol. The first-order valence-corrected chi connectivity index (χ1v) is 7.60. The first-order valence-electron chi connectivity index (χ1n) is 7.60. The molecular weight excluding hydrogens is 278 g/mol. The number of benzene rings is 1. The first-order chi connectivity index (χ1) is 10.4. The summed E-state index contributed by atoms with van der Waals surface area (Å²) in [5, 5.41) is 3.52. The molecule has 0 unspecified atom stereocenters. The third-order valence-electron chi connectivity index (χ3n) is 3.39. The Balaban J connectivity index is 2.70. The van der Waals surface area contributed by atoms with E-state index in [1.165, 1.54) is 6.08 Å². The van der Waals surface area contributed by atoms with Crippen LogP contribution in [-0.2, 0) is 9.53 Å². The molecule has 0 spiro atoms. The maximum atomic E-state index is 11.4. The zero-order chi connectivity index (χ0) is 16.6. The highest BCUT2D eigenvalue weighted by Gasteiger charge is 2.23. The molecule has 122 valence electrons. The van der Waals surface area contributed by atoms with Crippen molar-refractivity contribution < 1.29 is 14.3 Å². The van der Waals surface area contributed by atoms with E-state index in [2.05, 4.69) is 26.1 Å². The van der Waals surface area contributed by atoms with E-state index in [1.54, 1.807) is 14.0 Å². The highest BCUT2D eigenvalue weighted by atomic mass is 16.5. The summed E-state index contributed by atoms with van der Waals surface area (Å²) in [4.78, 5) is 11.4. The standard InChI is InChI=1S/C18H27NO3/c1-6-22-17(20)9-7-8-16(18(2,3)4)19-14-10-12-15(21-5)13-11-14/h7,9-13,16,19H,6,8H2,1-5H3/b9-7+/t16-/m0/s1. The van der Waals surface area contributed by atoms with E-state index in [9.17, 15) is 4.79 Å². The Morgan fingerprint density at radius 1 is 1.27 bits per heavy atom. The van der Waals surface area contributed by atoms with E-state index >= 15 is 0 Å². The Morgan fingerprint density at radius 3 is 2.41 bits per heavy atom. The molecule has 0 amide bonds. The van der Waals surface area contributed by atoms with Crippen molar-refractivity contribution in [1.82, 2.24) is 0 Å². The monoisotopic (exact) mass is 305 g/mol. The van der Waals surface area contributed by atoms with Crippen LogP contribution in [0.25, 0.3) is 0 Å². The van der Waals surface area contributed by atoms with Crippen molar-refractivity contribution in [2.45, 2.75) is 40.2 Å². The Hall–Kier alpha value is -1.97. The van der Waals surface area contributed by atoms with Crippen molar-refractivity contribution in [3.63, 3.8) is 0 Å². The number of hydrogen-bond acceptors (Lipinski definition) is 4. The molecule has 0 heterocycles. The molecule has 1 N–H and O–H groups in total. The Bertz CT molecular complexity index is 486. The maximum absolute atomic E-state index is 11.4. The molecule has 4 nitrogen and oxygen atoms in total. The van der Waals surface area contributed by atoms with E-state index < -0.39 is 0 Å². The van der Waals surface area contributed by atoms with Gasteiger partial charge in [0.15, 0.2) is 0 Å². The number of anilines is 1.